The predicted molar refractivity (Wildman–Crippen MR) is 101 cm³/mol. The lowest BCUT2D eigenvalue weighted by molar-refractivity contribution is 0.0921. The Bertz CT molecular complexity index is 861. The zero-order valence-electron chi connectivity index (χ0n) is 13.8. The second-order valence-electron chi connectivity index (χ2n) is 5.54. The summed E-state index contributed by atoms with van der Waals surface area (Å²) >= 11 is 9.18. The van der Waals surface area contributed by atoms with E-state index in [1.54, 1.807) is 42.6 Å². The minimum atomic E-state index is -0.246. The lowest BCUT2D eigenvalue weighted by Gasteiger charge is -2.05. The van der Waals surface area contributed by atoms with Gasteiger partial charge in [0.2, 0.25) is 0 Å². The van der Waals surface area contributed by atoms with E-state index in [1.165, 1.54) is 0 Å². The van der Waals surface area contributed by atoms with Gasteiger partial charge in [0.15, 0.2) is 5.76 Å². The van der Waals surface area contributed by atoms with Crippen LogP contribution >= 0.6 is 27.5 Å². The smallest absolute Gasteiger partial charge is 0.286 e. The number of ether oxygens (including phenoxy) is 1. The van der Waals surface area contributed by atoms with Gasteiger partial charge in [-0.2, -0.15) is 5.10 Å². The normalized spacial score (nSPS) is 10.7. The number of carbonyl (C=O) groups is 1. The van der Waals surface area contributed by atoms with Crippen molar-refractivity contribution >= 4 is 33.4 Å². The van der Waals surface area contributed by atoms with Gasteiger partial charge in [-0.3, -0.25) is 9.48 Å². The van der Waals surface area contributed by atoms with Crippen LogP contribution < -0.4 is 10.1 Å². The molecule has 1 amide bonds. The monoisotopic (exact) mass is 437 g/mol. The molecule has 0 saturated heterocycles. The van der Waals surface area contributed by atoms with Gasteiger partial charge < -0.3 is 14.5 Å². The van der Waals surface area contributed by atoms with Gasteiger partial charge >= 0.3 is 0 Å². The summed E-state index contributed by atoms with van der Waals surface area (Å²) in [7, 11) is 0. The molecule has 0 aliphatic carbocycles. The SMILES string of the molecule is O=C(NCCCn1cc(Br)cn1)c1ccc(COc2ccc(Cl)cc2)o1. The first-order valence-corrected chi connectivity index (χ1v) is 9.20. The molecule has 3 rings (SSSR count). The molecular formula is C18H17BrClN3O3. The van der Waals surface area contributed by atoms with Crippen molar-refractivity contribution in [2.75, 3.05) is 6.54 Å². The number of hydrogen-bond acceptors (Lipinski definition) is 4. The number of halogens is 2. The highest BCUT2D eigenvalue weighted by atomic mass is 79.9. The molecule has 3 aromatic rings. The van der Waals surface area contributed by atoms with Crippen molar-refractivity contribution in [2.45, 2.75) is 19.6 Å². The lowest BCUT2D eigenvalue weighted by atomic mass is 10.3. The number of hydrogen-bond donors (Lipinski definition) is 1. The third-order valence-electron chi connectivity index (χ3n) is 3.53. The maximum atomic E-state index is 12.1. The van der Waals surface area contributed by atoms with Crippen LogP contribution in [0.15, 0.2) is 57.7 Å². The summed E-state index contributed by atoms with van der Waals surface area (Å²) in [6.45, 7) is 1.50. The van der Waals surface area contributed by atoms with Gasteiger partial charge in [0.25, 0.3) is 5.91 Å². The van der Waals surface area contributed by atoms with E-state index in [4.69, 9.17) is 20.8 Å². The molecular weight excluding hydrogens is 422 g/mol. The third-order valence-corrected chi connectivity index (χ3v) is 4.19. The van der Waals surface area contributed by atoms with Crippen molar-refractivity contribution in [1.29, 1.82) is 0 Å². The van der Waals surface area contributed by atoms with E-state index < -0.39 is 0 Å². The number of rotatable bonds is 8. The highest BCUT2D eigenvalue weighted by Crippen LogP contribution is 2.17. The van der Waals surface area contributed by atoms with E-state index in [0.29, 0.717) is 23.1 Å². The zero-order chi connectivity index (χ0) is 18.4. The van der Waals surface area contributed by atoms with E-state index in [-0.39, 0.29) is 18.3 Å². The minimum absolute atomic E-state index is 0.239. The molecule has 0 aliphatic rings. The van der Waals surface area contributed by atoms with Crippen LogP contribution in [0, 0.1) is 0 Å². The number of aryl methyl sites for hydroxylation is 1. The molecule has 1 aromatic carbocycles. The minimum Gasteiger partial charge on any atom is -0.486 e. The first-order valence-electron chi connectivity index (χ1n) is 8.03. The quantitative estimate of drug-likeness (QED) is 0.533. The summed E-state index contributed by atoms with van der Waals surface area (Å²) in [5.41, 5.74) is 0. The summed E-state index contributed by atoms with van der Waals surface area (Å²) in [5.74, 6) is 1.28. The lowest BCUT2D eigenvalue weighted by Crippen LogP contribution is -2.24. The molecule has 0 unspecified atom stereocenters. The summed E-state index contributed by atoms with van der Waals surface area (Å²) in [6.07, 6.45) is 4.39. The Hall–Kier alpha value is -2.25. The predicted octanol–water partition coefficient (Wildman–Crippen LogP) is 4.29. The fourth-order valence-electron chi connectivity index (χ4n) is 2.25. The fourth-order valence-corrected chi connectivity index (χ4v) is 2.71. The Kier molecular flexibility index (Phi) is 6.35. The van der Waals surface area contributed by atoms with Crippen LogP contribution in [-0.2, 0) is 13.2 Å². The van der Waals surface area contributed by atoms with E-state index in [1.807, 2.05) is 10.9 Å². The number of nitrogens with zero attached hydrogens (tertiary/aromatic N) is 2. The third kappa shape index (κ3) is 5.37. The van der Waals surface area contributed by atoms with Crippen molar-refractivity contribution in [3.8, 4) is 5.75 Å². The first-order chi connectivity index (χ1) is 12.6. The van der Waals surface area contributed by atoms with E-state index in [9.17, 15) is 4.79 Å². The van der Waals surface area contributed by atoms with Crippen LogP contribution in [0.25, 0.3) is 0 Å². The van der Waals surface area contributed by atoms with Gasteiger partial charge in [0, 0.05) is 24.3 Å². The van der Waals surface area contributed by atoms with Crippen LogP contribution in [0.5, 0.6) is 5.75 Å². The molecule has 0 spiro atoms. The first kappa shape index (κ1) is 18.5. The Morgan fingerprint density at radius 1 is 1.27 bits per heavy atom. The molecule has 2 aromatic heterocycles. The van der Waals surface area contributed by atoms with Crippen LogP contribution in [0.3, 0.4) is 0 Å². The Morgan fingerprint density at radius 2 is 2.08 bits per heavy atom. The van der Waals surface area contributed by atoms with Crippen molar-refractivity contribution in [3.63, 3.8) is 0 Å². The van der Waals surface area contributed by atoms with Crippen LogP contribution in [0.4, 0.5) is 0 Å². The van der Waals surface area contributed by atoms with Crippen molar-refractivity contribution in [3.05, 3.63) is 69.8 Å². The van der Waals surface area contributed by atoms with Gasteiger partial charge in [-0.15, -0.1) is 0 Å². The molecule has 0 radical (unpaired) electrons. The molecule has 6 nitrogen and oxygen atoms in total. The molecule has 26 heavy (non-hydrogen) atoms. The maximum Gasteiger partial charge on any atom is 0.286 e. The van der Waals surface area contributed by atoms with Crippen LogP contribution in [-0.4, -0.2) is 22.2 Å². The Morgan fingerprint density at radius 3 is 2.81 bits per heavy atom. The van der Waals surface area contributed by atoms with E-state index in [2.05, 4.69) is 26.3 Å². The average molecular weight is 439 g/mol. The van der Waals surface area contributed by atoms with Gasteiger partial charge in [-0.05, 0) is 58.7 Å². The Labute approximate surface area is 164 Å². The number of carbonyl (C=O) groups excluding carboxylic acids is 1. The average Bonchev–Trinajstić information content (AvgIpc) is 3.27. The fraction of sp³-hybridized carbons (Fsp3) is 0.222. The van der Waals surface area contributed by atoms with Gasteiger partial charge in [0.05, 0.1) is 10.7 Å². The molecule has 8 heteroatoms. The molecule has 0 bridgehead atoms. The number of nitrogens with one attached hydrogen (secondary N) is 1. The highest BCUT2D eigenvalue weighted by Gasteiger charge is 2.11. The summed E-state index contributed by atoms with van der Waals surface area (Å²) in [4.78, 5) is 12.1. The molecule has 2 heterocycles. The topological polar surface area (TPSA) is 69.3 Å². The number of furan rings is 1. The van der Waals surface area contributed by atoms with Crippen molar-refractivity contribution < 1.29 is 13.9 Å². The van der Waals surface area contributed by atoms with E-state index in [0.717, 1.165) is 17.4 Å². The highest BCUT2D eigenvalue weighted by molar-refractivity contribution is 9.10. The second-order valence-corrected chi connectivity index (χ2v) is 6.89. The van der Waals surface area contributed by atoms with Crippen molar-refractivity contribution in [1.82, 2.24) is 15.1 Å². The summed E-state index contributed by atoms with van der Waals surface area (Å²) < 4.78 is 13.9. The van der Waals surface area contributed by atoms with Crippen LogP contribution in [0.1, 0.15) is 22.7 Å². The zero-order valence-corrected chi connectivity index (χ0v) is 16.2. The van der Waals surface area contributed by atoms with Gasteiger partial charge in [0.1, 0.15) is 18.1 Å². The van der Waals surface area contributed by atoms with Gasteiger partial charge in [-0.25, -0.2) is 0 Å². The van der Waals surface area contributed by atoms with Crippen molar-refractivity contribution in [2.24, 2.45) is 0 Å². The molecule has 0 saturated carbocycles. The van der Waals surface area contributed by atoms with Crippen LogP contribution in [0.2, 0.25) is 5.02 Å². The summed E-state index contributed by atoms with van der Waals surface area (Å²) in [6, 6.07) is 10.4. The molecule has 136 valence electrons. The Balaban J connectivity index is 1.41. The largest absolute Gasteiger partial charge is 0.486 e. The van der Waals surface area contributed by atoms with E-state index >= 15 is 0 Å². The van der Waals surface area contributed by atoms with Gasteiger partial charge in [-0.1, -0.05) is 11.6 Å². The molecule has 0 atom stereocenters. The molecule has 0 aliphatic heterocycles. The number of benzene rings is 1. The number of aromatic nitrogens is 2. The summed E-state index contributed by atoms with van der Waals surface area (Å²) in [5, 5.41) is 7.64. The standard InChI is InChI=1S/C18H17BrClN3O3/c19-13-10-22-23(11-13)9-1-8-21-18(24)17-7-6-16(26-17)12-25-15-4-2-14(20)3-5-15/h2-7,10-11H,1,8-9,12H2,(H,21,24). The molecule has 0 fully saturated rings. The maximum absolute atomic E-state index is 12.1. The second kappa shape index (κ2) is 8.91. The molecule has 1 N–H and O–H groups in total. The number of amides is 1.